The molecule has 0 radical (unpaired) electrons. The van der Waals surface area contributed by atoms with Gasteiger partial charge >= 0.3 is 5.97 Å². The molecule has 0 heterocycles. The number of carbonyl (C=O) groups is 5. The van der Waals surface area contributed by atoms with Crippen molar-refractivity contribution >= 4 is 48.2 Å². The number of rotatable bonds is 17. The molecule has 4 amide bonds. The van der Waals surface area contributed by atoms with Crippen LogP contribution < -0.4 is 38.9 Å². The average Bonchev–Trinajstić information content (AvgIpc) is 2.76. The second-order valence-electron chi connectivity index (χ2n) is 8.39. The van der Waals surface area contributed by atoms with Gasteiger partial charge in [0, 0.05) is 18.7 Å². The van der Waals surface area contributed by atoms with E-state index in [0.29, 0.717) is 6.42 Å². The summed E-state index contributed by atoms with van der Waals surface area (Å²) in [6.45, 7) is 3.80. The van der Waals surface area contributed by atoms with Crippen LogP contribution >= 0.6 is 12.6 Å². The number of aliphatic carboxylic acids is 1. The zero-order chi connectivity index (χ0) is 27.1. The van der Waals surface area contributed by atoms with Gasteiger partial charge in [0.15, 0.2) is 5.96 Å². The third-order valence-corrected chi connectivity index (χ3v) is 5.12. The Kier molecular flexibility index (Phi) is 15.1. The van der Waals surface area contributed by atoms with Gasteiger partial charge in [-0.3, -0.25) is 24.2 Å². The zero-order valence-corrected chi connectivity index (χ0v) is 20.9. The quantitative estimate of drug-likeness (QED) is 0.0414. The summed E-state index contributed by atoms with van der Waals surface area (Å²) in [7, 11) is 0. The van der Waals surface area contributed by atoms with Crippen LogP contribution in [0.3, 0.4) is 0 Å². The molecular weight excluding hydrogens is 480 g/mol. The van der Waals surface area contributed by atoms with E-state index in [2.05, 4.69) is 33.6 Å². The molecule has 0 rings (SSSR count). The second-order valence-corrected chi connectivity index (χ2v) is 8.76. The van der Waals surface area contributed by atoms with Gasteiger partial charge in [-0.05, 0) is 31.6 Å². The summed E-state index contributed by atoms with van der Waals surface area (Å²) in [4.78, 5) is 64.2. The van der Waals surface area contributed by atoms with Gasteiger partial charge < -0.3 is 44.0 Å². The molecule has 0 aliphatic heterocycles. The molecule has 0 saturated carbocycles. The normalized spacial score (nSPS) is 14.2. The van der Waals surface area contributed by atoms with Crippen molar-refractivity contribution in [2.75, 3.05) is 12.3 Å². The largest absolute Gasteiger partial charge is 0.480 e. The van der Waals surface area contributed by atoms with E-state index in [1.807, 2.05) is 13.8 Å². The van der Waals surface area contributed by atoms with Gasteiger partial charge in [-0.1, -0.05) is 13.8 Å². The Morgan fingerprint density at radius 2 is 1.43 bits per heavy atom. The fraction of sp³-hybridized carbons (Fsp3) is 0.700. The van der Waals surface area contributed by atoms with E-state index in [-0.39, 0.29) is 49.9 Å². The van der Waals surface area contributed by atoms with E-state index < -0.39 is 53.8 Å². The first kappa shape index (κ1) is 31.9. The van der Waals surface area contributed by atoms with E-state index in [9.17, 15) is 29.1 Å². The Hall–Kier alpha value is -3.07. The minimum atomic E-state index is -1.21. The lowest BCUT2D eigenvalue weighted by atomic mass is 10.0. The lowest BCUT2D eigenvalue weighted by Gasteiger charge is -2.25. The molecule has 14 nitrogen and oxygen atoms in total. The highest BCUT2D eigenvalue weighted by molar-refractivity contribution is 7.80. The minimum Gasteiger partial charge on any atom is -0.480 e. The van der Waals surface area contributed by atoms with Crippen LogP contribution in [0.2, 0.25) is 0 Å². The van der Waals surface area contributed by atoms with Crippen LogP contribution in [-0.4, -0.2) is 77.1 Å². The SMILES string of the molecule is CC(C)CC(NC(=O)C(CCCN=C(N)N)NC(=O)C(CS)NC(=O)C(N)CCC(N)=O)C(=O)O. The van der Waals surface area contributed by atoms with Crippen molar-refractivity contribution in [1.29, 1.82) is 0 Å². The Morgan fingerprint density at radius 1 is 0.886 bits per heavy atom. The molecule has 0 aromatic rings. The monoisotopic (exact) mass is 518 g/mol. The van der Waals surface area contributed by atoms with Gasteiger partial charge in [0.2, 0.25) is 23.6 Å². The van der Waals surface area contributed by atoms with Gasteiger partial charge in [0.25, 0.3) is 0 Å². The molecule has 35 heavy (non-hydrogen) atoms. The lowest BCUT2D eigenvalue weighted by molar-refractivity contribution is -0.142. The summed E-state index contributed by atoms with van der Waals surface area (Å²) in [6.07, 6.45) is 0.464. The van der Waals surface area contributed by atoms with Crippen molar-refractivity contribution in [2.45, 2.75) is 70.1 Å². The maximum Gasteiger partial charge on any atom is 0.326 e. The fourth-order valence-corrected chi connectivity index (χ4v) is 3.17. The van der Waals surface area contributed by atoms with Crippen molar-refractivity contribution in [3.05, 3.63) is 0 Å². The highest BCUT2D eigenvalue weighted by Gasteiger charge is 2.30. The van der Waals surface area contributed by atoms with Crippen molar-refractivity contribution in [1.82, 2.24) is 16.0 Å². The lowest BCUT2D eigenvalue weighted by Crippen LogP contribution is -2.57. The number of nitrogens with zero attached hydrogens (tertiary/aromatic N) is 1. The van der Waals surface area contributed by atoms with Crippen molar-refractivity contribution in [3.63, 3.8) is 0 Å². The Balaban J connectivity index is 5.38. The number of hydrogen-bond donors (Lipinski definition) is 9. The summed E-state index contributed by atoms with van der Waals surface area (Å²) in [5.41, 5.74) is 21.3. The molecule has 200 valence electrons. The van der Waals surface area contributed by atoms with Crippen LogP contribution in [0.5, 0.6) is 0 Å². The fourth-order valence-electron chi connectivity index (χ4n) is 2.91. The molecule has 4 atom stereocenters. The Labute approximate surface area is 209 Å². The second kappa shape index (κ2) is 16.5. The number of nitrogens with two attached hydrogens (primary N) is 4. The number of guanidine groups is 1. The Morgan fingerprint density at radius 3 is 1.91 bits per heavy atom. The molecule has 15 heteroatoms. The van der Waals surface area contributed by atoms with E-state index in [1.165, 1.54) is 0 Å². The van der Waals surface area contributed by atoms with Crippen molar-refractivity contribution in [3.8, 4) is 0 Å². The molecule has 0 aromatic heterocycles. The molecule has 0 aliphatic carbocycles. The van der Waals surface area contributed by atoms with Crippen LogP contribution in [-0.2, 0) is 24.0 Å². The summed E-state index contributed by atoms with van der Waals surface area (Å²) in [5.74, 6) is -4.22. The summed E-state index contributed by atoms with van der Waals surface area (Å²) < 4.78 is 0. The van der Waals surface area contributed by atoms with Gasteiger partial charge in [0.1, 0.15) is 18.1 Å². The van der Waals surface area contributed by atoms with E-state index in [0.717, 1.165) is 0 Å². The minimum absolute atomic E-state index is 0.00569. The number of nitrogens with one attached hydrogen (secondary N) is 3. The molecule has 4 unspecified atom stereocenters. The van der Waals surface area contributed by atoms with Gasteiger partial charge in [-0.2, -0.15) is 12.6 Å². The van der Waals surface area contributed by atoms with E-state index in [4.69, 9.17) is 22.9 Å². The molecular formula is C20H38N8O6S. The number of thiol groups is 1. The van der Waals surface area contributed by atoms with E-state index in [1.54, 1.807) is 0 Å². The molecule has 0 aliphatic rings. The number of primary amides is 1. The molecule has 0 saturated heterocycles. The summed E-state index contributed by atoms with van der Waals surface area (Å²) in [6, 6.07) is -4.51. The number of carboxylic acid groups (broad SMARTS) is 1. The maximum absolute atomic E-state index is 12.8. The van der Waals surface area contributed by atoms with Gasteiger partial charge in [0.05, 0.1) is 6.04 Å². The first-order valence-electron chi connectivity index (χ1n) is 11.1. The van der Waals surface area contributed by atoms with Gasteiger partial charge in [-0.25, -0.2) is 4.79 Å². The third kappa shape index (κ3) is 14.0. The zero-order valence-electron chi connectivity index (χ0n) is 20.0. The maximum atomic E-state index is 12.8. The summed E-state index contributed by atoms with van der Waals surface area (Å²) in [5, 5.41) is 16.8. The molecule has 12 N–H and O–H groups in total. The van der Waals surface area contributed by atoms with Crippen molar-refractivity contribution < 1.29 is 29.1 Å². The predicted molar refractivity (Wildman–Crippen MR) is 133 cm³/mol. The van der Waals surface area contributed by atoms with E-state index >= 15 is 0 Å². The number of carbonyl (C=O) groups excluding carboxylic acids is 4. The molecule has 0 bridgehead atoms. The number of carboxylic acids is 1. The highest BCUT2D eigenvalue weighted by Crippen LogP contribution is 2.07. The van der Waals surface area contributed by atoms with Crippen LogP contribution in [0.15, 0.2) is 4.99 Å². The predicted octanol–water partition coefficient (Wildman–Crippen LogP) is -2.85. The van der Waals surface area contributed by atoms with Gasteiger partial charge in [-0.15, -0.1) is 0 Å². The molecule has 0 aromatic carbocycles. The number of amides is 4. The standard InChI is InChI=1S/C20H38N8O6S/c1-10(2)8-13(19(33)34)27-17(31)12(4-3-7-25-20(23)24)26-18(32)14(9-35)28-16(30)11(21)5-6-15(22)29/h10-14,35H,3-9,21H2,1-2H3,(H2,22,29)(H,26,32)(H,27,31)(H,28,30)(H,33,34)(H4,23,24,25). The highest BCUT2D eigenvalue weighted by atomic mass is 32.1. The first-order valence-corrected chi connectivity index (χ1v) is 11.8. The topological polar surface area (TPSA) is 258 Å². The average molecular weight is 519 g/mol. The third-order valence-electron chi connectivity index (χ3n) is 4.75. The molecule has 0 spiro atoms. The van der Waals surface area contributed by atoms with Crippen LogP contribution in [0.4, 0.5) is 0 Å². The van der Waals surface area contributed by atoms with Crippen LogP contribution in [0, 0.1) is 5.92 Å². The molecule has 0 fully saturated rings. The first-order chi connectivity index (χ1) is 16.3. The van der Waals surface area contributed by atoms with Crippen LogP contribution in [0.1, 0.15) is 46.0 Å². The Bertz CT molecular complexity index is 775. The summed E-state index contributed by atoms with van der Waals surface area (Å²) >= 11 is 4.07. The smallest absolute Gasteiger partial charge is 0.326 e. The van der Waals surface area contributed by atoms with Crippen molar-refractivity contribution in [2.24, 2.45) is 33.8 Å². The van der Waals surface area contributed by atoms with Crippen LogP contribution in [0.25, 0.3) is 0 Å². The number of hydrogen-bond acceptors (Lipinski definition) is 8. The number of aliphatic imine (C=N–C) groups is 1.